The third-order valence-corrected chi connectivity index (χ3v) is 1.56. The van der Waals surface area contributed by atoms with Gasteiger partial charge in [0.1, 0.15) is 11.6 Å². The Morgan fingerprint density at radius 2 is 1.86 bits per heavy atom. The van der Waals surface area contributed by atoms with Crippen molar-refractivity contribution in [3.05, 3.63) is 34.9 Å². The zero-order valence-corrected chi connectivity index (χ0v) is 6.75. The fraction of sp³-hybridized carbons (Fsp3) is 0. The molecule has 0 atom stereocenters. The van der Waals surface area contributed by atoms with Crippen molar-refractivity contribution in [1.82, 2.24) is 5.48 Å². The van der Waals surface area contributed by atoms with Crippen LogP contribution in [-0.4, -0.2) is 17.4 Å². The van der Waals surface area contributed by atoms with E-state index in [0.29, 0.717) is 12.1 Å². The Bertz CT molecular complexity index is 369. The number of amides is 1. The molecule has 1 rings (SSSR count). The maximum Gasteiger partial charge on any atom is 0.274 e. The largest absolute Gasteiger partial charge is 0.298 e. The number of carbonyl (C=O) groups is 2. The number of benzene rings is 1. The first-order chi connectivity index (χ1) is 6.60. The molecule has 14 heavy (non-hydrogen) atoms. The molecule has 0 aliphatic rings. The first kappa shape index (κ1) is 10.3. The van der Waals surface area contributed by atoms with Crippen LogP contribution < -0.4 is 5.48 Å². The van der Waals surface area contributed by atoms with Gasteiger partial charge >= 0.3 is 0 Å². The Morgan fingerprint density at radius 1 is 1.36 bits per heavy atom. The molecule has 0 saturated carbocycles. The molecule has 1 aromatic carbocycles. The number of nitrogens with one attached hydrogen (secondary N) is 1. The van der Waals surface area contributed by atoms with Crippen LogP contribution in [0.4, 0.5) is 8.78 Å². The van der Waals surface area contributed by atoms with Crippen molar-refractivity contribution in [2.24, 2.45) is 0 Å². The van der Waals surface area contributed by atoms with E-state index >= 15 is 0 Å². The van der Waals surface area contributed by atoms with Gasteiger partial charge < -0.3 is 0 Å². The molecule has 0 saturated heterocycles. The fourth-order valence-corrected chi connectivity index (χ4v) is 0.893. The first-order valence-corrected chi connectivity index (χ1v) is 3.48. The number of rotatable bonds is 2. The van der Waals surface area contributed by atoms with Gasteiger partial charge in [0.2, 0.25) is 0 Å². The van der Waals surface area contributed by atoms with E-state index in [2.05, 4.69) is 0 Å². The summed E-state index contributed by atoms with van der Waals surface area (Å²) in [6.07, 6.45) is 0.00526. The van der Waals surface area contributed by atoms with Gasteiger partial charge in [-0.2, -0.15) is 0 Å². The third kappa shape index (κ3) is 1.74. The van der Waals surface area contributed by atoms with Crippen LogP contribution in [0, 0.1) is 11.6 Å². The van der Waals surface area contributed by atoms with Crippen LogP contribution in [0.2, 0.25) is 0 Å². The molecule has 2 N–H and O–H groups in total. The zero-order chi connectivity index (χ0) is 10.7. The fourth-order valence-electron chi connectivity index (χ4n) is 0.893. The van der Waals surface area contributed by atoms with Gasteiger partial charge in [-0.15, -0.1) is 0 Å². The summed E-state index contributed by atoms with van der Waals surface area (Å²) in [6.45, 7) is 0. The Hall–Kier alpha value is -1.82. The van der Waals surface area contributed by atoms with E-state index in [4.69, 9.17) is 5.21 Å². The lowest BCUT2D eigenvalue weighted by Gasteiger charge is -2.01. The lowest BCUT2D eigenvalue weighted by atomic mass is 10.1. The van der Waals surface area contributed by atoms with Gasteiger partial charge in [-0.05, 0) is 12.1 Å². The predicted molar refractivity (Wildman–Crippen MR) is 41.0 cm³/mol. The number of carbonyl (C=O) groups excluding carboxylic acids is 2. The van der Waals surface area contributed by atoms with E-state index in [1.807, 2.05) is 0 Å². The lowest BCUT2D eigenvalue weighted by Crippen LogP contribution is -2.19. The lowest BCUT2D eigenvalue weighted by molar-refractivity contribution is 0.0705. The third-order valence-electron chi connectivity index (χ3n) is 1.56. The minimum Gasteiger partial charge on any atom is -0.298 e. The van der Waals surface area contributed by atoms with E-state index in [0.717, 1.165) is 0 Å². The van der Waals surface area contributed by atoms with E-state index in [1.54, 1.807) is 0 Å². The molecular weight excluding hydrogens is 196 g/mol. The molecule has 0 fully saturated rings. The van der Waals surface area contributed by atoms with Gasteiger partial charge in [0, 0.05) is 5.56 Å². The quantitative estimate of drug-likeness (QED) is 0.424. The average molecular weight is 201 g/mol. The zero-order valence-electron chi connectivity index (χ0n) is 6.75. The van der Waals surface area contributed by atoms with Crippen LogP contribution in [0.1, 0.15) is 20.7 Å². The Kier molecular flexibility index (Phi) is 2.88. The molecule has 0 aliphatic carbocycles. The van der Waals surface area contributed by atoms with Gasteiger partial charge in [0.05, 0.1) is 5.56 Å². The molecule has 0 spiro atoms. The second kappa shape index (κ2) is 3.93. The number of hydrogen-bond donors (Lipinski definition) is 2. The summed E-state index contributed by atoms with van der Waals surface area (Å²) in [5, 5.41) is 8.18. The normalized spacial score (nSPS) is 9.64. The first-order valence-electron chi connectivity index (χ1n) is 3.48. The molecule has 0 aliphatic heterocycles. The van der Waals surface area contributed by atoms with Crippen LogP contribution in [0.3, 0.4) is 0 Å². The van der Waals surface area contributed by atoms with Crippen molar-refractivity contribution in [2.75, 3.05) is 0 Å². The van der Waals surface area contributed by atoms with Gasteiger partial charge in [0.15, 0.2) is 6.29 Å². The number of hydroxylamine groups is 1. The molecule has 6 heteroatoms. The summed E-state index contributed by atoms with van der Waals surface area (Å²) in [4.78, 5) is 20.9. The number of halogens is 2. The van der Waals surface area contributed by atoms with Crippen LogP contribution >= 0.6 is 0 Å². The van der Waals surface area contributed by atoms with Gasteiger partial charge in [-0.1, -0.05) is 0 Å². The highest BCUT2D eigenvalue weighted by molar-refractivity contribution is 5.94. The monoisotopic (exact) mass is 201 g/mol. The minimum atomic E-state index is -1.15. The second-order valence-electron chi connectivity index (χ2n) is 2.41. The molecule has 0 bridgehead atoms. The topological polar surface area (TPSA) is 66.4 Å². The van der Waals surface area contributed by atoms with E-state index in [9.17, 15) is 18.4 Å². The highest BCUT2D eigenvalue weighted by Crippen LogP contribution is 2.13. The summed E-state index contributed by atoms with van der Waals surface area (Å²) < 4.78 is 25.8. The molecule has 74 valence electrons. The minimum absolute atomic E-state index is 0.00526. The number of aldehydes is 1. The molecule has 4 nitrogen and oxygen atoms in total. The molecule has 0 heterocycles. The highest BCUT2D eigenvalue weighted by Gasteiger charge is 2.13. The van der Waals surface area contributed by atoms with Crippen molar-refractivity contribution < 1.29 is 23.6 Å². The summed E-state index contributed by atoms with van der Waals surface area (Å²) in [5.74, 6) is -3.36. The van der Waals surface area contributed by atoms with E-state index in [-0.39, 0.29) is 6.29 Å². The Labute approximate surface area is 77.1 Å². The SMILES string of the molecule is O=Cc1c(F)cc(C(=O)NO)cc1F. The summed E-state index contributed by atoms with van der Waals surface area (Å²) in [7, 11) is 0. The molecule has 1 aromatic rings. The smallest absolute Gasteiger partial charge is 0.274 e. The van der Waals surface area contributed by atoms with Crippen molar-refractivity contribution >= 4 is 12.2 Å². The number of hydrogen-bond acceptors (Lipinski definition) is 3. The average Bonchev–Trinajstić information content (AvgIpc) is 2.16. The summed E-state index contributed by atoms with van der Waals surface area (Å²) >= 11 is 0. The molecule has 0 radical (unpaired) electrons. The van der Waals surface area contributed by atoms with Crippen LogP contribution in [0.25, 0.3) is 0 Å². The standard InChI is InChI=1S/C8H5F2NO3/c9-6-1-4(8(13)11-14)2-7(10)5(6)3-12/h1-3,14H,(H,11,13). The van der Waals surface area contributed by atoms with Crippen molar-refractivity contribution in [1.29, 1.82) is 0 Å². The van der Waals surface area contributed by atoms with Gasteiger partial charge in [-0.3, -0.25) is 14.8 Å². The van der Waals surface area contributed by atoms with Crippen LogP contribution in [-0.2, 0) is 0 Å². The van der Waals surface area contributed by atoms with E-state index < -0.39 is 28.7 Å². The molecule has 0 aromatic heterocycles. The Morgan fingerprint density at radius 3 is 2.21 bits per heavy atom. The van der Waals surface area contributed by atoms with Crippen molar-refractivity contribution in [2.45, 2.75) is 0 Å². The molecular formula is C8H5F2NO3. The van der Waals surface area contributed by atoms with Crippen LogP contribution in [0.5, 0.6) is 0 Å². The predicted octanol–water partition coefficient (Wildman–Crippen LogP) is 0.896. The van der Waals surface area contributed by atoms with Crippen LogP contribution in [0.15, 0.2) is 12.1 Å². The Balaban J connectivity index is 3.27. The molecule has 1 amide bonds. The van der Waals surface area contributed by atoms with Gasteiger partial charge in [0.25, 0.3) is 5.91 Å². The maximum atomic E-state index is 12.9. The van der Waals surface area contributed by atoms with Crippen molar-refractivity contribution in [3.63, 3.8) is 0 Å². The highest BCUT2D eigenvalue weighted by atomic mass is 19.1. The summed E-state index contributed by atoms with van der Waals surface area (Å²) in [6, 6.07) is 1.30. The molecule has 0 unspecified atom stereocenters. The maximum absolute atomic E-state index is 12.9. The second-order valence-corrected chi connectivity index (χ2v) is 2.41. The van der Waals surface area contributed by atoms with E-state index in [1.165, 1.54) is 5.48 Å². The summed E-state index contributed by atoms with van der Waals surface area (Å²) in [5.41, 5.74) is 0.0529. The van der Waals surface area contributed by atoms with Gasteiger partial charge in [-0.25, -0.2) is 14.3 Å². The van der Waals surface area contributed by atoms with Crippen molar-refractivity contribution in [3.8, 4) is 0 Å².